The average molecular weight is 341 g/mol. The van der Waals surface area contributed by atoms with Crippen molar-refractivity contribution in [1.29, 1.82) is 0 Å². The van der Waals surface area contributed by atoms with Crippen molar-refractivity contribution in [2.45, 2.75) is 31.8 Å². The molecule has 25 heavy (non-hydrogen) atoms. The molecule has 1 aromatic carbocycles. The molecule has 0 saturated carbocycles. The zero-order valence-electron chi connectivity index (χ0n) is 15.0. The minimum absolute atomic E-state index is 0.262. The number of imidazole rings is 1. The van der Waals surface area contributed by atoms with Gasteiger partial charge in [0, 0.05) is 31.1 Å². The third-order valence-electron chi connectivity index (χ3n) is 5.49. The van der Waals surface area contributed by atoms with Crippen LogP contribution in [0.15, 0.2) is 30.6 Å². The summed E-state index contributed by atoms with van der Waals surface area (Å²) in [7, 11) is 1.71. The van der Waals surface area contributed by atoms with E-state index in [0.717, 1.165) is 38.2 Å². The van der Waals surface area contributed by atoms with E-state index in [9.17, 15) is 0 Å². The van der Waals surface area contributed by atoms with E-state index in [0.29, 0.717) is 12.0 Å². The normalized spacial score (nSPS) is 26.6. The summed E-state index contributed by atoms with van der Waals surface area (Å²) >= 11 is 0. The molecular formula is C19H27N5O. The first-order valence-corrected chi connectivity index (χ1v) is 9.20. The smallest absolute Gasteiger partial charge is 0.118 e. The predicted octanol–water partition coefficient (Wildman–Crippen LogP) is 2.19. The molecule has 2 aliphatic heterocycles. The molecule has 3 heterocycles. The van der Waals surface area contributed by atoms with Crippen LogP contribution in [0.3, 0.4) is 0 Å². The van der Waals surface area contributed by atoms with Crippen LogP contribution >= 0.6 is 0 Å². The van der Waals surface area contributed by atoms with E-state index in [2.05, 4.69) is 39.8 Å². The van der Waals surface area contributed by atoms with Crippen molar-refractivity contribution in [2.75, 3.05) is 26.7 Å². The third-order valence-corrected chi connectivity index (χ3v) is 5.49. The first-order valence-electron chi connectivity index (χ1n) is 9.20. The number of aromatic amines is 1. The maximum Gasteiger partial charge on any atom is 0.118 e. The molecule has 3 unspecified atom stereocenters. The van der Waals surface area contributed by atoms with E-state index >= 15 is 0 Å². The highest BCUT2D eigenvalue weighted by Gasteiger charge is 2.41. The van der Waals surface area contributed by atoms with Crippen LogP contribution in [0.5, 0.6) is 5.75 Å². The molecule has 2 aromatic rings. The molecule has 1 aromatic heterocycles. The molecule has 3 atom stereocenters. The largest absolute Gasteiger partial charge is 0.497 e. The lowest BCUT2D eigenvalue weighted by Crippen LogP contribution is -2.42. The molecule has 0 bridgehead atoms. The van der Waals surface area contributed by atoms with Crippen LogP contribution in [0.2, 0.25) is 0 Å². The second-order valence-corrected chi connectivity index (χ2v) is 6.94. The standard InChI is InChI=1S/C19H27N5O/c1-3-9-24-10-8-16-18(21-12-20-16)19(24)15-11-22-23-17(15)13-4-6-14(25-2)7-5-13/h4-7,12,15,17,19,22-23H,3,8-11H2,1-2H3,(H,20,21). The number of hydrazine groups is 1. The quantitative estimate of drug-likeness (QED) is 0.778. The summed E-state index contributed by atoms with van der Waals surface area (Å²) in [6, 6.07) is 9.00. The van der Waals surface area contributed by atoms with Crippen molar-refractivity contribution < 1.29 is 4.74 Å². The highest BCUT2D eigenvalue weighted by molar-refractivity contribution is 5.31. The Kier molecular flexibility index (Phi) is 4.74. The SMILES string of the molecule is CCCN1CCc2[nH]cnc2C1C1CNNC1c1ccc(OC)cc1. The highest BCUT2D eigenvalue weighted by atomic mass is 16.5. The number of hydrogen-bond donors (Lipinski definition) is 3. The van der Waals surface area contributed by atoms with Crippen molar-refractivity contribution in [2.24, 2.45) is 5.92 Å². The number of methoxy groups -OCH3 is 1. The number of benzene rings is 1. The number of nitrogens with zero attached hydrogens (tertiary/aromatic N) is 2. The van der Waals surface area contributed by atoms with Crippen LogP contribution in [-0.2, 0) is 6.42 Å². The average Bonchev–Trinajstić information content (AvgIpc) is 3.31. The van der Waals surface area contributed by atoms with E-state index in [4.69, 9.17) is 9.72 Å². The fourth-order valence-electron chi connectivity index (χ4n) is 4.31. The Morgan fingerprint density at radius 1 is 1.28 bits per heavy atom. The summed E-state index contributed by atoms with van der Waals surface area (Å²) in [5.74, 6) is 1.33. The van der Waals surface area contributed by atoms with Crippen LogP contribution in [0.4, 0.5) is 0 Å². The zero-order valence-corrected chi connectivity index (χ0v) is 15.0. The summed E-state index contributed by atoms with van der Waals surface area (Å²) in [5.41, 5.74) is 10.7. The minimum Gasteiger partial charge on any atom is -0.497 e. The first-order chi connectivity index (χ1) is 12.3. The van der Waals surface area contributed by atoms with Crippen molar-refractivity contribution >= 4 is 0 Å². The van der Waals surface area contributed by atoms with Gasteiger partial charge in [0.2, 0.25) is 0 Å². The molecule has 1 saturated heterocycles. The summed E-state index contributed by atoms with van der Waals surface area (Å²) in [4.78, 5) is 10.7. The molecule has 0 aliphatic carbocycles. The van der Waals surface area contributed by atoms with Crippen LogP contribution < -0.4 is 15.6 Å². The first kappa shape index (κ1) is 16.6. The molecule has 4 rings (SSSR count). The van der Waals surface area contributed by atoms with E-state index in [1.165, 1.54) is 17.0 Å². The van der Waals surface area contributed by atoms with Gasteiger partial charge in [-0.05, 0) is 30.7 Å². The van der Waals surface area contributed by atoms with Gasteiger partial charge in [-0.25, -0.2) is 10.4 Å². The van der Waals surface area contributed by atoms with Gasteiger partial charge < -0.3 is 9.72 Å². The molecule has 1 fully saturated rings. The maximum absolute atomic E-state index is 5.30. The van der Waals surface area contributed by atoms with Gasteiger partial charge in [0.05, 0.1) is 31.2 Å². The molecule has 6 nitrogen and oxygen atoms in total. The minimum atomic E-state index is 0.262. The van der Waals surface area contributed by atoms with Crippen LogP contribution in [0, 0.1) is 5.92 Å². The zero-order chi connectivity index (χ0) is 17.2. The topological polar surface area (TPSA) is 65.2 Å². The molecule has 0 spiro atoms. The van der Waals surface area contributed by atoms with E-state index in [-0.39, 0.29) is 6.04 Å². The summed E-state index contributed by atoms with van der Waals surface area (Å²) in [6.45, 7) is 5.40. The fraction of sp³-hybridized carbons (Fsp3) is 0.526. The third kappa shape index (κ3) is 3.05. The molecule has 0 amide bonds. The van der Waals surface area contributed by atoms with Gasteiger partial charge in [-0.2, -0.15) is 0 Å². The Labute approximate surface area is 148 Å². The van der Waals surface area contributed by atoms with E-state index in [1.54, 1.807) is 7.11 Å². The van der Waals surface area contributed by atoms with Crippen molar-refractivity contribution in [3.8, 4) is 5.75 Å². The molecule has 0 radical (unpaired) electrons. The van der Waals surface area contributed by atoms with Gasteiger partial charge in [-0.15, -0.1) is 0 Å². The Balaban J connectivity index is 1.65. The summed E-state index contributed by atoms with van der Waals surface area (Å²) in [6.07, 6.45) is 4.08. The lowest BCUT2D eigenvalue weighted by atomic mass is 9.83. The maximum atomic E-state index is 5.30. The number of aromatic nitrogens is 2. The molecule has 134 valence electrons. The van der Waals surface area contributed by atoms with Crippen LogP contribution in [-0.4, -0.2) is 41.6 Å². The Bertz CT molecular complexity index is 698. The lowest BCUT2D eigenvalue weighted by molar-refractivity contribution is 0.123. The number of nitrogens with one attached hydrogen (secondary N) is 3. The fourth-order valence-corrected chi connectivity index (χ4v) is 4.31. The van der Waals surface area contributed by atoms with Gasteiger partial charge in [-0.3, -0.25) is 10.3 Å². The number of H-pyrrole nitrogens is 1. The predicted molar refractivity (Wildman–Crippen MR) is 97.3 cm³/mol. The molecular weight excluding hydrogens is 314 g/mol. The van der Waals surface area contributed by atoms with Crippen LogP contribution in [0.1, 0.15) is 42.4 Å². The molecule has 6 heteroatoms. The Morgan fingerprint density at radius 2 is 2.12 bits per heavy atom. The number of ether oxygens (including phenoxy) is 1. The molecule has 2 aliphatic rings. The highest BCUT2D eigenvalue weighted by Crippen LogP contribution is 2.41. The van der Waals surface area contributed by atoms with Gasteiger partial charge in [0.15, 0.2) is 0 Å². The molecule has 3 N–H and O–H groups in total. The second-order valence-electron chi connectivity index (χ2n) is 6.94. The van der Waals surface area contributed by atoms with Gasteiger partial charge in [0.1, 0.15) is 5.75 Å². The monoisotopic (exact) mass is 341 g/mol. The van der Waals surface area contributed by atoms with Gasteiger partial charge in [0.25, 0.3) is 0 Å². The Morgan fingerprint density at radius 3 is 2.88 bits per heavy atom. The Hall–Kier alpha value is -1.89. The van der Waals surface area contributed by atoms with Crippen molar-refractivity contribution in [3.05, 3.63) is 47.5 Å². The van der Waals surface area contributed by atoms with Gasteiger partial charge >= 0.3 is 0 Å². The number of hydrogen-bond acceptors (Lipinski definition) is 5. The van der Waals surface area contributed by atoms with Gasteiger partial charge in [-0.1, -0.05) is 19.1 Å². The summed E-state index contributed by atoms with van der Waals surface area (Å²) in [5, 5.41) is 0. The number of fused-ring (bicyclic) bond motifs is 1. The second kappa shape index (κ2) is 7.15. The lowest BCUT2D eigenvalue weighted by Gasteiger charge is -2.39. The van der Waals surface area contributed by atoms with E-state index in [1.807, 2.05) is 18.5 Å². The van der Waals surface area contributed by atoms with Crippen molar-refractivity contribution in [3.63, 3.8) is 0 Å². The number of rotatable bonds is 5. The van der Waals surface area contributed by atoms with E-state index < -0.39 is 0 Å². The van der Waals surface area contributed by atoms with Crippen molar-refractivity contribution in [1.82, 2.24) is 25.7 Å². The summed E-state index contributed by atoms with van der Waals surface area (Å²) < 4.78 is 5.30. The van der Waals surface area contributed by atoms with Crippen LogP contribution in [0.25, 0.3) is 0 Å².